The molecule has 0 fully saturated rings. The summed E-state index contributed by atoms with van der Waals surface area (Å²) in [7, 11) is 0. The minimum Gasteiger partial charge on any atom is -0.507 e. The molecule has 0 aliphatic heterocycles. The van der Waals surface area contributed by atoms with Gasteiger partial charge >= 0.3 is 0 Å². The van der Waals surface area contributed by atoms with Gasteiger partial charge in [-0.05, 0) is 23.8 Å². The molecule has 0 atom stereocenters. The Morgan fingerprint density at radius 3 is 2.50 bits per heavy atom. The van der Waals surface area contributed by atoms with Crippen LogP contribution in [0.3, 0.4) is 0 Å². The smallest absolute Gasteiger partial charge is 0.255 e. The SMILES string of the molecule is Nc1ccccc1CNC(=O)c1ccccc1O. The first-order valence-electron chi connectivity index (χ1n) is 5.58. The van der Waals surface area contributed by atoms with Gasteiger partial charge in [0.15, 0.2) is 0 Å². The van der Waals surface area contributed by atoms with E-state index in [9.17, 15) is 9.90 Å². The van der Waals surface area contributed by atoms with Gasteiger partial charge in [0.2, 0.25) is 0 Å². The normalized spacial score (nSPS) is 10.0. The average Bonchev–Trinajstić information content (AvgIpc) is 2.38. The minimum atomic E-state index is -0.323. The molecule has 0 unspecified atom stereocenters. The Labute approximate surface area is 105 Å². The number of carbonyl (C=O) groups is 1. The van der Waals surface area contributed by atoms with Crippen molar-refractivity contribution >= 4 is 11.6 Å². The number of phenolic OH excluding ortho intramolecular Hbond substituents is 1. The topological polar surface area (TPSA) is 75.3 Å². The third-order valence-corrected chi connectivity index (χ3v) is 2.64. The molecule has 0 saturated carbocycles. The molecule has 4 heteroatoms. The number of hydrogen-bond acceptors (Lipinski definition) is 3. The first-order chi connectivity index (χ1) is 8.68. The Hall–Kier alpha value is -2.49. The third kappa shape index (κ3) is 2.60. The van der Waals surface area contributed by atoms with Gasteiger partial charge in [0.25, 0.3) is 5.91 Å². The van der Waals surface area contributed by atoms with Crippen molar-refractivity contribution in [3.63, 3.8) is 0 Å². The quantitative estimate of drug-likeness (QED) is 0.719. The number of phenols is 1. The van der Waals surface area contributed by atoms with Crippen LogP contribution in [0.25, 0.3) is 0 Å². The van der Waals surface area contributed by atoms with Crippen LogP contribution in [-0.4, -0.2) is 11.0 Å². The van der Waals surface area contributed by atoms with E-state index in [0.29, 0.717) is 12.2 Å². The number of anilines is 1. The van der Waals surface area contributed by atoms with Crippen LogP contribution >= 0.6 is 0 Å². The van der Waals surface area contributed by atoms with Crippen LogP contribution in [0.1, 0.15) is 15.9 Å². The van der Waals surface area contributed by atoms with Crippen molar-refractivity contribution < 1.29 is 9.90 Å². The summed E-state index contributed by atoms with van der Waals surface area (Å²) in [4.78, 5) is 11.8. The predicted molar refractivity (Wildman–Crippen MR) is 70.1 cm³/mol. The summed E-state index contributed by atoms with van der Waals surface area (Å²) < 4.78 is 0. The number of carbonyl (C=O) groups excluding carboxylic acids is 1. The monoisotopic (exact) mass is 242 g/mol. The standard InChI is InChI=1S/C14H14N2O2/c15-12-7-3-1-5-10(12)9-16-14(18)11-6-2-4-8-13(11)17/h1-8,17H,9,15H2,(H,16,18). The van der Waals surface area contributed by atoms with Gasteiger partial charge in [-0.3, -0.25) is 4.79 Å². The molecule has 92 valence electrons. The number of aromatic hydroxyl groups is 1. The number of hydrogen-bond donors (Lipinski definition) is 3. The van der Waals surface area contributed by atoms with Crippen molar-refractivity contribution in [3.8, 4) is 5.75 Å². The molecule has 0 heterocycles. The highest BCUT2D eigenvalue weighted by atomic mass is 16.3. The largest absolute Gasteiger partial charge is 0.507 e. The van der Waals surface area contributed by atoms with E-state index in [0.717, 1.165) is 5.56 Å². The van der Waals surface area contributed by atoms with Gasteiger partial charge in [0.05, 0.1) is 5.56 Å². The second-order valence-corrected chi connectivity index (χ2v) is 3.90. The maximum atomic E-state index is 11.8. The molecular formula is C14H14N2O2. The lowest BCUT2D eigenvalue weighted by atomic mass is 10.1. The summed E-state index contributed by atoms with van der Waals surface area (Å²) in [5.41, 5.74) is 7.51. The molecule has 0 aliphatic carbocycles. The Morgan fingerprint density at radius 1 is 1.11 bits per heavy atom. The van der Waals surface area contributed by atoms with Gasteiger partial charge in [-0.25, -0.2) is 0 Å². The van der Waals surface area contributed by atoms with E-state index in [1.165, 1.54) is 6.07 Å². The zero-order valence-electron chi connectivity index (χ0n) is 9.76. The van der Waals surface area contributed by atoms with Gasteiger partial charge in [0, 0.05) is 12.2 Å². The molecule has 0 aromatic heterocycles. The molecule has 2 aromatic carbocycles. The first-order valence-corrected chi connectivity index (χ1v) is 5.58. The van der Waals surface area contributed by atoms with Crippen molar-refractivity contribution in [2.24, 2.45) is 0 Å². The number of nitrogens with two attached hydrogens (primary N) is 1. The summed E-state index contributed by atoms with van der Waals surface area (Å²) in [5.74, 6) is -0.354. The molecule has 18 heavy (non-hydrogen) atoms. The number of amides is 1. The molecular weight excluding hydrogens is 228 g/mol. The van der Waals surface area contributed by atoms with E-state index in [-0.39, 0.29) is 17.2 Å². The fourth-order valence-corrected chi connectivity index (χ4v) is 1.63. The van der Waals surface area contributed by atoms with Crippen LogP contribution in [0, 0.1) is 0 Å². The number of nitrogens with one attached hydrogen (secondary N) is 1. The first kappa shape index (κ1) is 12.0. The van der Waals surface area contributed by atoms with E-state index in [4.69, 9.17) is 5.73 Å². The third-order valence-electron chi connectivity index (χ3n) is 2.64. The summed E-state index contributed by atoms with van der Waals surface area (Å²) >= 11 is 0. The van der Waals surface area contributed by atoms with Crippen LogP contribution in [0.2, 0.25) is 0 Å². The zero-order valence-corrected chi connectivity index (χ0v) is 9.76. The Balaban J connectivity index is 2.06. The second-order valence-electron chi connectivity index (χ2n) is 3.90. The van der Waals surface area contributed by atoms with Crippen LogP contribution in [-0.2, 0) is 6.54 Å². The van der Waals surface area contributed by atoms with E-state index >= 15 is 0 Å². The number of para-hydroxylation sites is 2. The van der Waals surface area contributed by atoms with Crippen LogP contribution in [0.5, 0.6) is 5.75 Å². The molecule has 2 aromatic rings. The lowest BCUT2D eigenvalue weighted by Crippen LogP contribution is -2.23. The van der Waals surface area contributed by atoms with Gasteiger partial charge in [0.1, 0.15) is 5.75 Å². The number of rotatable bonds is 3. The van der Waals surface area contributed by atoms with Crippen molar-refractivity contribution in [1.82, 2.24) is 5.32 Å². The summed E-state index contributed by atoms with van der Waals surface area (Å²) in [6.45, 7) is 0.333. The molecule has 0 saturated heterocycles. The molecule has 4 nitrogen and oxygen atoms in total. The summed E-state index contributed by atoms with van der Waals surface area (Å²) in [5, 5.41) is 12.3. The molecule has 4 N–H and O–H groups in total. The van der Waals surface area contributed by atoms with E-state index in [1.54, 1.807) is 24.3 Å². The van der Waals surface area contributed by atoms with Gasteiger partial charge in [-0.1, -0.05) is 30.3 Å². The minimum absolute atomic E-state index is 0.0315. The van der Waals surface area contributed by atoms with E-state index in [2.05, 4.69) is 5.32 Å². The highest BCUT2D eigenvalue weighted by Crippen LogP contribution is 2.16. The van der Waals surface area contributed by atoms with Crippen molar-refractivity contribution in [1.29, 1.82) is 0 Å². The van der Waals surface area contributed by atoms with Crippen LogP contribution < -0.4 is 11.1 Å². The highest BCUT2D eigenvalue weighted by Gasteiger charge is 2.09. The molecule has 1 amide bonds. The van der Waals surface area contributed by atoms with E-state index in [1.807, 2.05) is 18.2 Å². The maximum absolute atomic E-state index is 11.8. The maximum Gasteiger partial charge on any atom is 0.255 e. The Kier molecular flexibility index (Phi) is 3.48. The molecule has 0 spiro atoms. The number of nitrogen functional groups attached to an aromatic ring is 1. The molecule has 0 bridgehead atoms. The Bertz CT molecular complexity index is 567. The van der Waals surface area contributed by atoms with Crippen LogP contribution in [0.4, 0.5) is 5.69 Å². The lowest BCUT2D eigenvalue weighted by Gasteiger charge is -2.08. The summed E-state index contributed by atoms with van der Waals surface area (Å²) in [6, 6.07) is 13.7. The zero-order chi connectivity index (χ0) is 13.0. The Morgan fingerprint density at radius 2 is 1.78 bits per heavy atom. The molecule has 0 aliphatic rings. The van der Waals surface area contributed by atoms with E-state index < -0.39 is 0 Å². The van der Waals surface area contributed by atoms with Crippen molar-refractivity contribution in [3.05, 3.63) is 59.7 Å². The average molecular weight is 242 g/mol. The predicted octanol–water partition coefficient (Wildman–Crippen LogP) is 1.90. The van der Waals surface area contributed by atoms with Gasteiger partial charge < -0.3 is 16.2 Å². The fraction of sp³-hybridized carbons (Fsp3) is 0.0714. The molecule has 2 rings (SSSR count). The van der Waals surface area contributed by atoms with Crippen molar-refractivity contribution in [2.45, 2.75) is 6.54 Å². The second kappa shape index (κ2) is 5.23. The highest BCUT2D eigenvalue weighted by molar-refractivity contribution is 5.96. The molecule has 0 radical (unpaired) electrons. The van der Waals surface area contributed by atoms with Gasteiger partial charge in [-0.2, -0.15) is 0 Å². The van der Waals surface area contributed by atoms with Gasteiger partial charge in [-0.15, -0.1) is 0 Å². The van der Waals surface area contributed by atoms with Crippen LogP contribution in [0.15, 0.2) is 48.5 Å². The summed E-state index contributed by atoms with van der Waals surface area (Å²) in [6.07, 6.45) is 0. The van der Waals surface area contributed by atoms with Crippen molar-refractivity contribution in [2.75, 3.05) is 5.73 Å². The fourth-order valence-electron chi connectivity index (χ4n) is 1.63. The number of benzene rings is 2. The lowest BCUT2D eigenvalue weighted by molar-refractivity contribution is 0.0948.